The normalized spacial score (nSPS) is 19.7. The molecule has 4 nitrogen and oxygen atoms in total. The topological polar surface area (TPSA) is 63.6 Å². The number of rotatable bonds is 2. The first-order valence-electron chi connectivity index (χ1n) is 4.37. The van der Waals surface area contributed by atoms with Gasteiger partial charge in [0.25, 0.3) is 0 Å². The van der Waals surface area contributed by atoms with Gasteiger partial charge in [-0.2, -0.15) is 0 Å². The second-order valence-corrected chi connectivity index (χ2v) is 3.12. The van der Waals surface area contributed by atoms with Crippen molar-refractivity contribution < 1.29 is 19.4 Å². The van der Waals surface area contributed by atoms with Gasteiger partial charge in [-0.3, -0.25) is 4.79 Å². The first-order chi connectivity index (χ1) is 7.20. The Hall–Kier alpha value is -1.94. The third kappa shape index (κ3) is 1.80. The Morgan fingerprint density at radius 3 is 2.80 bits per heavy atom. The van der Waals surface area contributed by atoms with E-state index in [4.69, 9.17) is 5.11 Å². The number of hydrogen-bond acceptors (Lipinski definition) is 4. The third-order valence-electron chi connectivity index (χ3n) is 2.09. The van der Waals surface area contributed by atoms with E-state index in [1.165, 1.54) is 6.08 Å². The zero-order chi connectivity index (χ0) is 10.8. The molecule has 2 rings (SSSR count). The van der Waals surface area contributed by atoms with Crippen molar-refractivity contribution in [2.24, 2.45) is 0 Å². The molecule has 0 aromatic heterocycles. The lowest BCUT2D eigenvalue weighted by molar-refractivity contribution is -0.149. The molecule has 0 saturated heterocycles. The summed E-state index contributed by atoms with van der Waals surface area (Å²) in [6, 6.07) is 6.54. The van der Waals surface area contributed by atoms with Crippen LogP contribution >= 0.6 is 0 Å². The van der Waals surface area contributed by atoms with Crippen LogP contribution in [0, 0.1) is 0 Å². The maximum Gasteiger partial charge on any atom is 0.341 e. The SMILES string of the molecule is O=Cc1cccc(C2=CC(O)OC2=O)c1. The van der Waals surface area contributed by atoms with E-state index >= 15 is 0 Å². The molecule has 0 bridgehead atoms. The predicted molar refractivity (Wildman–Crippen MR) is 51.9 cm³/mol. The summed E-state index contributed by atoms with van der Waals surface area (Å²) in [5.74, 6) is -0.578. The average Bonchev–Trinajstić information content (AvgIpc) is 2.58. The van der Waals surface area contributed by atoms with Crippen LogP contribution in [0.5, 0.6) is 0 Å². The molecule has 15 heavy (non-hydrogen) atoms. The summed E-state index contributed by atoms with van der Waals surface area (Å²) in [4.78, 5) is 21.8. The number of aliphatic hydroxyl groups excluding tert-OH is 1. The largest absolute Gasteiger partial charge is 0.428 e. The lowest BCUT2D eigenvalue weighted by Gasteiger charge is -2.00. The lowest BCUT2D eigenvalue weighted by Crippen LogP contribution is -2.06. The molecule has 0 fully saturated rings. The summed E-state index contributed by atoms with van der Waals surface area (Å²) in [5.41, 5.74) is 1.33. The minimum Gasteiger partial charge on any atom is -0.428 e. The molecule has 1 heterocycles. The van der Waals surface area contributed by atoms with Crippen LogP contribution in [-0.2, 0) is 9.53 Å². The maximum atomic E-state index is 11.2. The maximum absolute atomic E-state index is 11.2. The predicted octanol–water partition coefficient (Wildman–Crippen LogP) is 0.758. The van der Waals surface area contributed by atoms with Gasteiger partial charge in [0.2, 0.25) is 6.29 Å². The highest BCUT2D eigenvalue weighted by Crippen LogP contribution is 2.23. The van der Waals surface area contributed by atoms with Gasteiger partial charge in [-0.15, -0.1) is 0 Å². The van der Waals surface area contributed by atoms with Crippen molar-refractivity contribution in [1.29, 1.82) is 0 Å². The second kappa shape index (κ2) is 3.67. The number of ether oxygens (including phenoxy) is 1. The molecule has 1 aliphatic rings. The van der Waals surface area contributed by atoms with Crippen molar-refractivity contribution in [1.82, 2.24) is 0 Å². The number of carbonyl (C=O) groups excluding carboxylic acids is 2. The highest BCUT2D eigenvalue weighted by molar-refractivity contribution is 6.18. The molecule has 76 valence electrons. The average molecular weight is 204 g/mol. The van der Waals surface area contributed by atoms with Crippen molar-refractivity contribution in [2.45, 2.75) is 6.29 Å². The van der Waals surface area contributed by atoms with Crippen LogP contribution in [0.15, 0.2) is 30.3 Å². The molecule has 1 unspecified atom stereocenters. The van der Waals surface area contributed by atoms with Crippen molar-refractivity contribution in [2.75, 3.05) is 0 Å². The number of aldehydes is 1. The Morgan fingerprint density at radius 1 is 1.40 bits per heavy atom. The number of hydrogen-bond donors (Lipinski definition) is 1. The molecule has 0 saturated carbocycles. The number of aliphatic hydroxyl groups is 1. The van der Waals surface area contributed by atoms with Gasteiger partial charge in [-0.05, 0) is 17.7 Å². The molecule has 0 amide bonds. The standard InChI is InChI=1S/C11H8O4/c12-6-7-2-1-3-8(4-7)9-5-10(13)15-11(9)14/h1-6,10,13H. The molecule has 1 atom stereocenters. The molecular weight excluding hydrogens is 196 g/mol. The van der Waals surface area contributed by atoms with Gasteiger partial charge >= 0.3 is 5.97 Å². The van der Waals surface area contributed by atoms with Crippen molar-refractivity contribution in [3.63, 3.8) is 0 Å². The van der Waals surface area contributed by atoms with E-state index in [1.54, 1.807) is 24.3 Å². The molecular formula is C11H8O4. The summed E-state index contributed by atoms with van der Waals surface area (Å²) in [5, 5.41) is 9.07. The Labute approximate surface area is 85.8 Å². The van der Waals surface area contributed by atoms with E-state index in [9.17, 15) is 9.59 Å². The van der Waals surface area contributed by atoms with Gasteiger partial charge in [0, 0.05) is 5.56 Å². The first kappa shape index (κ1) is 9.61. The summed E-state index contributed by atoms with van der Waals surface area (Å²) >= 11 is 0. The summed E-state index contributed by atoms with van der Waals surface area (Å²) in [7, 11) is 0. The lowest BCUT2D eigenvalue weighted by atomic mass is 10.0. The van der Waals surface area contributed by atoms with Crippen molar-refractivity contribution in [3.8, 4) is 0 Å². The Morgan fingerprint density at radius 2 is 2.20 bits per heavy atom. The fraction of sp³-hybridized carbons (Fsp3) is 0.0909. The second-order valence-electron chi connectivity index (χ2n) is 3.12. The molecule has 0 spiro atoms. The minimum absolute atomic E-state index is 0.284. The van der Waals surface area contributed by atoms with E-state index in [2.05, 4.69) is 4.74 Å². The third-order valence-corrected chi connectivity index (χ3v) is 2.09. The molecule has 1 aliphatic heterocycles. The molecule has 4 heteroatoms. The van der Waals surface area contributed by atoms with Gasteiger partial charge < -0.3 is 9.84 Å². The van der Waals surface area contributed by atoms with Gasteiger partial charge in [0.05, 0.1) is 5.57 Å². The summed E-state index contributed by atoms with van der Waals surface area (Å²) in [6.07, 6.45) is 0.819. The van der Waals surface area contributed by atoms with E-state index in [-0.39, 0.29) is 5.57 Å². The fourth-order valence-electron chi connectivity index (χ4n) is 1.41. The quantitative estimate of drug-likeness (QED) is 0.570. The zero-order valence-corrected chi connectivity index (χ0v) is 7.71. The summed E-state index contributed by atoms with van der Waals surface area (Å²) in [6.45, 7) is 0. The molecule has 1 aromatic carbocycles. The molecule has 0 radical (unpaired) electrons. The van der Waals surface area contributed by atoms with Crippen molar-refractivity contribution >= 4 is 17.8 Å². The van der Waals surface area contributed by atoms with Crippen LogP contribution in [0.3, 0.4) is 0 Å². The highest BCUT2D eigenvalue weighted by Gasteiger charge is 2.24. The molecule has 0 aliphatic carbocycles. The number of esters is 1. The van der Waals surface area contributed by atoms with Gasteiger partial charge in [0.1, 0.15) is 6.29 Å². The van der Waals surface area contributed by atoms with Crippen LogP contribution in [0.2, 0.25) is 0 Å². The van der Waals surface area contributed by atoms with Crippen LogP contribution < -0.4 is 0 Å². The number of benzene rings is 1. The number of carbonyl (C=O) groups is 2. The van der Waals surface area contributed by atoms with E-state index < -0.39 is 12.3 Å². The highest BCUT2D eigenvalue weighted by atomic mass is 16.6. The Balaban J connectivity index is 2.41. The van der Waals surface area contributed by atoms with Crippen LogP contribution in [0.1, 0.15) is 15.9 Å². The first-order valence-corrected chi connectivity index (χ1v) is 4.37. The fourth-order valence-corrected chi connectivity index (χ4v) is 1.41. The van der Waals surface area contributed by atoms with Crippen molar-refractivity contribution in [3.05, 3.63) is 41.5 Å². The number of cyclic esters (lactones) is 1. The van der Waals surface area contributed by atoms with E-state index in [0.29, 0.717) is 17.4 Å². The Bertz CT molecular complexity index is 448. The van der Waals surface area contributed by atoms with Gasteiger partial charge in [-0.1, -0.05) is 18.2 Å². The van der Waals surface area contributed by atoms with Crippen LogP contribution in [0.25, 0.3) is 5.57 Å². The molecule has 1 aromatic rings. The van der Waals surface area contributed by atoms with E-state index in [0.717, 1.165) is 0 Å². The van der Waals surface area contributed by atoms with Gasteiger partial charge in [0.15, 0.2) is 0 Å². The molecule has 1 N–H and O–H groups in total. The smallest absolute Gasteiger partial charge is 0.341 e. The van der Waals surface area contributed by atoms with Crippen LogP contribution in [-0.4, -0.2) is 23.7 Å². The monoisotopic (exact) mass is 204 g/mol. The van der Waals surface area contributed by atoms with Crippen LogP contribution in [0.4, 0.5) is 0 Å². The summed E-state index contributed by atoms with van der Waals surface area (Å²) < 4.78 is 4.54. The van der Waals surface area contributed by atoms with Gasteiger partial charge in [-0.25, -0.2) is 4.79 Å². The van der Waals surface area contributed by atoms with E-state index in [1.807, 2.05) is 0 Å². The minimum atomic E-state index is -1.19. The zero-order valence-electron chi connectivity index (χ0n) is 7.71. The Kier molecular flexibility index (Phi) is 2.35.